The van der Waals surface area contributed by atoms with Gasteiger partial charge in [-0.05, 0) is 92.8 Å². The second-order valence-corrected chi connectivity index (χ2v) is 10.6. The van der Waals surface area contributed by atoms with Gasteiger partial charge in [-0.25, -0.2) is 0 Å². The van der Waals surface area contributed by atoms with Gasteiger partial charge in [0.2, 0.25) is 0 Å². The van der Waals surface area contributed by atoms with Crippen LogP contribution in [0.5, 0.6) is 0 Å². The van der Waals surface area contributed by atoms with E-state index in [0.717, 1.165) is 23.7 Å². The van der Waals surface area contributed by atoms with Crippen molar-refractivity contribution in [1.82, 2.24) is 0 Å². The van der Waals surface area contributed by atoms with E-state index in [4.69, 9.17) is 0 Å². The highest BCUT2D eigenvalue weighted by Gasteiger charge is 2.50. The molecule has 5 atom stereocenters. The average molecular weight is 369 g/mol. The Balaban J connectivity index is 1.71. The Kier molecular flexibility index (Phi) is 7.09. The topological polar surface area (TPSA) is 0 Å². The van der Waals surface area contributed by atoms with Crippen molar-refractivity contribution in [2.75, 3.05) is 0 Å². The van der Waals surface area contributed by atoms with Gasteiger partial charge in [-0.2, -0.15) is 0 Å². The molecule has 0 radical (unpaired) electrons. The van der Waals surface area contributed by atoms with Crippen LogP contribution in [0.2, 0.25) is 0 Å². The Morgan fingerprint density at radius 3 is 2.30 bits per heavy atom. The second-order valence-electron chi connectivity index (χ2n) is 10.6. The summed E-state index contributed by atoms with van der Waals surface area (Å²) < 4.78 is 0. The normalized spacial score (nSPS) is 35.6. The van der Waals surface area contributed by atoms with Crippen molar-refractivity contribution < 1.29 is 0 Å². The van der Waals surface area contributed by atoms with Crippen LogP contribution in [0, 0.1) is 35.0 Å². The summed E-state index contributed by atoms with van der Waals surface area (Å²) >= 11 is 0. The third kappa shape index (κ3) is 4.80. The van der Waals surface area contributed by atoms with E-state index in [1.54, 1.807) is 11.1 Å². The molecular weight excluding hydrogens is 324 g/mol. The van der Waals surface area contributed by atoms with E-state index < -0.39 is 0 Å². The lowest BCUT2D eigenvalue weighted by Crippen LogP contribution is -2.35. The van der Waals surface area contributed by atoms with E-state index in [2.05, 4.69) is 58.9 Å². The zero-order valence-electron chi connectivity index (χ0n) is 18.8. The van der Waals surface area contributed by atoms with Crippen LogP contribution in [-0.2, 0) is 0 Å². The van der Waals surface area contributed by atoms with Crippen LogP contribution in [0.15, 0.2) is 35.5 Å². The molecule has 0 N–H and O–H groups in total. The molecule has 0 heteroatoms. The Morgan fingerprint density at radius 2 is 1.59 bits per heavy atom. The first-order chi connectivity index (χ1) is 12.9. The molecule has 3 rings (SSSR count). The molecule has 3 aliphatic rings. The Labute approximate surface area is 169 Å². The molecule has 0 unspecified atom stereocenters. The van der Waals surface area contributed by atoms with E-state index in [9.17, 15) is 0 Å². The maximum absolute atomic E-state index is 2.63. The minimum Gasteiger partial charge on any atom is -0.0852 e. The molecule has 3 fully saturated rings. The van der Waals surface area contributed by atoms with Crippen molar-refractivity contribution in [3.63, 3.8) is 0 Å². The second kappa shape index (κ2) is 9.15. The van der Waals surface area contributed by atoms with Gasteiger partial charge in [0.05, 0.1) is 0 Å². The number of hydrogen-bond acceptors (Lipinski definition) is 0. The molecule has 0 amide bonds. The van der Waals surface area contributed by atoms with Crippen LogP contribution < -0.4 is 0 Å². The summed E-state index contributed by atoms with van der Waals surface area (Å²) in [7, 11) is 0. The summed E-state index contributed by atoms with van der Waals surface area (Å²) in [5, 5.41) is 0. The van der Waals surface area contributed by atoms with E-state index >= 15 is 0 Å². The summed E-state index contributed by atoms with van der Waals surface area (Å²) in [4.78, 5) is 0. The maximum Gasteiger partial charge on any atom is -0.0143 e. The Bertz CT molecular complexity index is 567. The van der Waals surface area contributed by atoms with Crippen LogP contribution in [-0.4, -0.2) is 0 Å². The molecule has 0 aromatic rings. The summed E-state index contributed by atoms with van der Waals surface area (Å²) in [5.41, 5.74) is 4.03. The van der Waals surface area contributed by atoms with Crippen LogP contribution in [0.1, 0.15) is 98.8 Å². The minimum absolute atomic E-state index is 0.528. The quantitative estimate of drug-likeness (QED) is 0.427. The molecule has 27 heavy (non-hydrogen) atoms. The van der Waals surface area contributed by atoms with E-state index in [1.807, 2.05) is 0 Å². The molecule has 0 aromatic carbocycles. The first-order valence-electron chi connectivity index (χ1n) is 12.0. The van der Waals surface area contributed by atoms with Gasteiger partial charge < -0.3 is 0 Å². The lowest BCUT2D eigenvalue weighted by Gasteiger charge is -2.44. The predicted octanol–water partition coefficient (Wildman–Crippen LogP) is 8.50. The van der Waals surface area contributed by atoms with E-state index in [-0.39, 0.29) is 0 Å². The van der Waals surface area contributed by atoms with Crippen LogP contribution in [0.3, 0.4) is 0 Å². The fourth-order valence-corrected chi connectivity index (χ4v) is 6.25. The Morgan fingerprint density at radius 1 is 0.852 bits per heavy atom. The lowest BCUT2D eigenvalue weighted by atomic mass is 9.61. The number of rotatable bonds is 5. The first kappa shape index (κ1) is 20.9. The highest BCUT2D eigenvalue weighted by molar-refractivity contribution is 5.25. The molecule has 0 saturated heterocycles. The average Bonchev–Trinajstić information content (AvgIpc) is 3.02. The minimum atomic E-state index is 0.528. The standard InChI is InChI=1S/C27H44/c1-20(2)21(3)13-14-22(4)25-17-18-26-24(12-9-19-27(25,26)5)16-15-23-10-7-6-8-11-23/h13-16,20-22,25-26H,6-12,17-19H2,1-5H3/t21-,22+,25+,26-,27+/m0/s1. The molecule has 0 heterocycles. The molecular formula is C27H44. The number of allylic oxidation sites excluding steroid dienone is 6. The molecule has 0 aromatic heterocycles. The molecule has 3 aliphatic carbocycles. The fraction of sp³-hybridized carbons (Fsp3) is 0.778. The third-order valence-electron chi connectivity index (χ3n) is 8.47. The smallest absolute Gasteiger partial charge is 0.0143 e. The monoisotopic (exact) mass is 368 g/mol. The number of fused-ring (bicyclic) bond motifs is 1. The predicted molar refractivity (Wildman–Crippen MR) is 120 cm³/mol. The van der Waals surface area contributed by atoms with Gasteiger partial charge in [0, 0.05) is 0 Å². The van der Waals surface area contributed by atoms with Crippen molar-refractivity contribution in [3.05, 3.63) is 35.5 Å². The zero-order valence-corrected chi connectivity index (χ0v) is 18.8. The van der Waals surface area contributed by atoms with Gasteiger partial charge >= 0.3 is 0 Å². The molecule has 0 aliphatic heterocycles. The van der Waals surface area contributed by atoms with Crippen molar-refractivity contribution in [2.45, 2.75) is 98.8 Å². The van der Waals surface area contributed by atoms with Crippen molar-refractivity contribution >= 4 is 0 Å². The van der Waals surface area contributed by atoms with Crippen LogP contribution in [0.4, 0.5) is 0 Å². The summed E-state index contributed by atoms with van der Waals surface area (Å²) in [6, 6.07) is 0. The van der Waals surface area contributed by atoms with E-state index in [0.29, 0.717) is 11.3 Å². The third-order valence-corrected chi connectivity index (χ3v) is 8.47. The van der Waals surface area contributed by atoms with Crippen molar-refractivity contribution in [3.8, 4) is 0 Å². The molecule has 0 spiro atoms. The van der Waals surface area contributed by atoms with Crippen molar-refractivity contribution in [1.29, 1.82) is 0 Å². The molecule has 0 nitrogen and oxygen atoms in total. The van der Waals surface area contributed by atoms with Gasteiger partial charge in [-0.1, -0.05) is 76.5 Å². The first-order valence-corrected chi connectivity index (χ1v) is 12.0. The summed E-state index contributed by atoms with van der Waals surface area (Å²) in [6.07, 6.45) is 24.2. The van der Waals surface area contributed by atoms with Gasteiger partial charge in [0.15, 0.2) is 0 Å². The van der Waals surface area contributed by atoms with Crippen LogP contribution in [0.25, 0.3) is 0 Å². The highest BCUT2D eigenvalue weighted by atomic mass is 14.5. The lowest BCUT2D eigenvalue weighted by molar-refractivity contribution is 0.112. The SMILES string of the molecule is CC(C)[C@@H](C)C=C[C@@H](C)[C@H]1CC[C@H]2C(=CC=C3CCCCC3)CCC[C@]12C. The largest absolute Gasteiger partial charge is 0.0852 e. The van der Waals surface area contributed by atoms with Crippen molar-refractivity contribution in [2.24, 2.45) is 35.0 Å². The van der Waals surface area contributed by atoms with Gasteiger partial charge in [-0.3, -0.25) is 0 Å². The van der Waals surface area contributed by atoms with Gasteiger partial charge in [0.1, 0.15) is 0 Å². The molecule has 3 saturated carbocycles. The zero-order chi connectivity index (χ0) is 19.4. The fourth-order valence-electron chi connectivity index (χ4n) is 6.25. The number of hydrogen-bond donors (Lipinski definition) is 0. The highest BCUT2D eigenvalue weighted by Crippen LogP contribution is 2.59. The summed E-state index contributed by atoms with van der Waals surface area (Å²) in [5.74, 6) is 3.87. The maximum atomic E-state index is 2.63. The van der Waals surface area contributed by atoms with Gasteiger partial charge in [-0.15, -0.1) is 0 Å². The van der Waals surface area contributed by atoms with Crippen LogP contribution >= 0.6 is 0 Å². The molecule has 152 valence electrons. The summed E-state index contributed by atoms with van der Waals surface area (Å²) in [6.45, 7) is 12.2. The van der Waals surface area contributed by atoms with Gasteiger partial charge in [0.25, 0.3) is 0 Å². The van der Waals surface area contributed by atoms with E-state index in [1.165, 1.54) is 64.2 Å². The Hall–Kier alpha value is -0.780. The molecule has 0 bridgehead atoms.